The molecule has 0 saturated carbocycles. The van der Waals surface area contributed by atoms with Crippen LogP contribution in [0.3, 0.4) is 0 Å². The van der Waals surface area contributed by atoms with Gasteiger partial charge in [-0.05, 0) is 18.2 Å². The van der Waals surface area contributed by atoms with Crippen LogP contribution in [0.2, 0.25) is 10.0 Å². The van der Waals surface area contributed by atoms with Crippen LogP contribution in [0.25, 0.3) is 11.3 Å². The highest BCUT2D eigenvalue weighted by Gasteiger charge is 2.21. The van der Waals surface area contributed by atoms with E-state index in [-0.39, 0.29) is 23.7 Å². The minimum Gasteiger partial charge on any atom is -0.382 e. The molecule has 4 rings (SSSR count). The van der Waals surface area contributed by atoms with Crippen molar-refractivity contribution in [2.45, 2.75) is 6.42 Å². The van der Waals surface area contributed by atoms with Gasteiger partial charge in [-0.3, -0.25) is 9.78 Å². The van der Waals surface area contributed by atoms with Crippen LogP contribution in [0.1, 0.15) is 16.1 Å². The number of carbonyl (C=O) groups excluding carboxylic acids is 1. The first-order valence-electron chi connectivity index (χ1n) is 9.40. The first kappa shape index (κ1) is 20.5. The van der Waals surface area contributed by atoms with E-state index in [1.54, 1.807) is 30.6 Å². The maximum atomic E-state index is 13.1. The number of carbonyl (C=O) groups is 1. The molecule has 3 heterocycles. The summed E-state index contributed by atoms with van der Waals surface area (Å²) in [5.74, 6) is -0.198. The number of nitrogens with zero attached hydrogens (tertiary/aromatic N) is 4. The highest BCUT2D eigenvalue weighted by atomic mass is 35.5. The lowest BCUT2D eigenvalue weighted by Crippen LogP contribution is -2.37. The molecule has 2 N–H and O–H groups in total. The molecular weight excluding hydrogens is 425 g/mol. The topological polar surface area (TPSA) is 94.2 Å². The number of ketones is 1. The van der Waals surface area contributed by atoms with Crippen molar-refractivity contribution in [2.24, 2.45) is 0 Å². The Balaban J connectivity index is 1.65. The molecule has 3 aromatic rings. The van der Waals surface area contributed by atoms with Gasteiger partial charge in [0.25, 0.3) is 0 Å². The van der Waals surface area contributed by atoms with Gasteiger partial charge in [-0.15, -0.1) is 0 Å². The van der Waals surface area contributed by atoms with Crippen LogP contribution in [-0.4, -0.2) is 47.0 Å². The number of pyridine rings is 1. The van der Waals surface area contributed by atoms with Gasteiger partial charge >= 0.3 is 0 Å². The van der Waals surface area contributed by atoms with Crippen molar-refractivity contribution < 1.29 is 9.53 Å². The van der Waals surface area contributed by atoms with E-state index in [4.69, 9.17) is 33.7 Å². The van der Waals surface area contributed by atoms with E-state index < -0.39 is 0 Å². The number of aromatic nitrogens is 3. The molecule has 7 nitrogen and oxygen atoms in total. The summed E-state index contributed by atoms with van der Waals surface area (Å²) in [4.78, 5) is 28.1. The summed E-state index contributed by atoms with van der Waals surface area (Å²) in [5, 5.41) is 0.837. The van der Waals surface area contributed by atoms with Crippen molar-refractivity contribution >= 4 is 40.5 Å². The molecule has 1 fully saturated rings. The summed E-state index contributed by atoms with van der Waals surface area (Å²) in [7, 11) is 0. The fourth-order valence-electron chi connectivity index (χ4n) is 3.39. The zero-order valence-electron chi connectivity index (χ0n) is 16.0. The number of hydrogen-bond acceptors (Lipinski definition) is 7. The van der Waals surface area contributed by atoms with Gasteiger partial charge in [0.05, 0.1) is 35.1 Å². The minimum atomic E-state index is -0.257. The van der Waals surface area contributed by atoms with Crippen LogP contribution in [-0.2, 0) is 11.2 Å². The molecule has 1 aliphatic rings. The predicted molar refractivity (Wildman–Crippen MR) is 117 cm³/mol. The number of benzene rings is 1. The van der Waals surface area contributed by atoms with E-state index in [0.717, 1.165) is 24.3 Å². The molecule has 0 bridgehead atoms. The van der Waals surface area contributed by atoms with E-state index in [9.17, 15) is 4.79 Å². The Morgan fingerprint density at radius 2 is 1.87 bits per heavy atom. The quantitative estimate of drug-likeness (QED) is 0.600. The zero-order chi connectivity index (χ0) is 21.1. The van der Waals surface area contributed by atoms with Gasteiger partial charge in [0, 0.05) is 48.7 Å². The van der Waals surface area contributed by atoms with Gasteiger partial charge in [0.1, 0.15) is 5.69 Å². The van der Waals surface area contributed by atoms with Crippen molar-refractivity contribution in [2.75, 3.05) is 36.9 Å². The van der Waals surface area contributed by atoms with Gasteiger partial charge in [-0.2, -0.15) is 0 Å². The van der Waals surface area contributed by atoms with Crippen molar-refractivity contribution in [3.8, 4) is 11.3 Å². The number of rotatable bonds is 5. The molecule has 0 aliphatic carbocycles. The number of Topliss-reactive ketones (excluding diaryl/α,β-unsaturated/α-hetero) is 1. The Bertz CT molecular complexity index is 1070. The zero-order valence-corrected chi connectivity index (χ0v) is 17.5. The molecule has 0 radical (unpaired) electrons. The summed E-state index contributed by atoms with van der Waals surface area (Å²) in [5.41, 5.74) is 8.72. The van der Waals surface area contributed by atoms with Gasteiger partial charge in [-0.1, -0.05) is 29.3 Å². The largest absolute Gasteiger partial charge is 0.382 e. The predicted octanol–water partition coefficient (Wildman–Crippen LogP) is 3.69. The van der Waals surface area contributed by atoms with Crippen molar-refractivity contribution in [1.82, 2.24) is 15.0 Å². The van der Waals surface area contributed by atoms with Gasteiger partial charge < -0.3 is 15.4 Å². The number of morpholine rings is 1. The van der Waals surface area contributed by atoms with Crippen molar-refractivity contribution in [1.29, 1.82) is 0 Å². The smallest absolute Gasteiger partial charge is 0.189 e. The van der Waals surface area contributed by atoms with Gasteiger partial charge in [-0.25, -0.2) is 9.97 Å². The third kappa shape index (κ3) is 4.23. The fourth-order valence-corrected chi connectivity index (χ4v) is 3.98. The standard InChI is InChI=1S/C21H19Cl2N5O2/c22-14-2-1-3-15(23)19(14)16-12-26-21(24)20(27-16)18(29)10-13-11-25-5-4-17(13)28-6-8-30-9-7-28/h1-5,11-12H,6-10H2,(H2,24,26). The first-order chi connectivity index (χ1) is 14.5. The number of ether oxygens (including phenoxy) is 1. The summed E-state index contributed by atoms with van der Waals surface area (Å²) in [6.07, 6.45) is 4.97. The maximum absolute atomic E-state index is 13.1. The molecule has 154 valence electrons. The summed E-state index contributed by atoms with van der Waals surface area (Å²) in [6.45, 7) is 2.81. The van der Waals surface area contributed by atoms with Crippen molar-refractivity contribution in [3.63, 3.8) is 0 Å². The lowest BCUT2D eigenvalue weighted by molar-refractivity contribution is 0.0988. The van der Waals surface area contributed by atoms with Crippen LogP contribution >= 0.6 is 23.2 Å². The number of anilines is 2. The Kier molecular flexibility index (Phi) is 6.13. The molecule has 1 aliphatic heterocycles. The molecule has 1 saturated heterocycles. The molecular formula is C21H19Cl2N5O2. The molecule has 0 amide bonds. The van der Waals surface area contributed by atoms with E-state index >= 15 is 0 Å². The number of nitrogen functional groups attached to an aromatic ring is 1. The SMILES string of the molecule is Nc1ncc(-c2c(Cl)cccc2Cl)nc1C(=O)Cc1cnccc1N1CCOCC1. The third-order valence-corrected chi connectivity index (χ3v) is 5.49. The van der Waals surface area contributed by atoms with Crippen LogP contribution in [0.5, 0.6) is 0 Å². The van der Waals surface area contributed by atoms with E-state index in [1.807, 2.05) is 6.07 Å². The summed E-state index contributed by atoms with van der Waals surface area (Å²) in [6, 6.07) is 7.04. The Labute approximate surface area is 183 Å². The first-order valence-corrected chi connectivity index (χ1v) is 10.2. The third-order valence-electron chi connectivity index (χ3n) is 4.86. The summed E-state index contributed by atoms with van der Waals surface area (Å²) < 4.78 is 5.42. The average Bonchev–Trinajstić information content (AvgIpc) is 2.75. The second-order valence-corrected chi connectivity index (χ2v) is 7.60. The Hall–Kier alpha value is -2.74. The van der Waals surface area contributed by atoms with Crippen LogP contribution < -0.4 is 10.6 Å². The molecule has 0 atom stereocenters. The number of hydrogen-bond donors (Lipinski definition) is 1. The minimum absolute atomic E-state index is 0.0590. The van der Waals surface area contributed by atoms with Gasteiger partial charge in [0.15, 0.2) is 11.6 Å². The molecule has 1 aromatic carbocycles. The van der Waals surface area contributed by atoms with E-state index in [2.05, 4.69) is 19.9 Å². The lowest BCUT2D eigenvalue weighted by Gasteiger charge is -2.30. The van der Waals surface area contributed by atoms with Crippen LogP contribution in [0.15, 0.2) is 42.9 Å². The van der Waals surface area contributed by atoms with E-state index in [0.29, 0.717) is 34.5 Å². The highest BCUT2D eigenvalue weighted by molar-refractivity contribution is 6.39. The maximum Gasteiger partial charge on any atom is 0.189 e. The molecule has 0 spiro atoms. The number of nitrogens with two attached hydrogens (primary N) is 1. The molecule has 30 heavy (non-hydrogen) atoms. The van der Waals surface area contributed by atoms with Crippen molar-refractivity contribution in [3.05, 3.63) is 64.2 Å². The second kappa shape index (κ2) is 8.95. The molecule has 0 unspecified atom stereocenters. The fraction of sp³-hybridized carbons (Fsp3) is 0.238. The average molecular weight is 444 g/mol. The Morgan fingerprint density at radius 1 is 1.13 bits per heavy atom. The number of halogens is 2. The normalized spacial score (nSPS) is 14.0. The van der Waals surface area contributed by atoms with Gasteiger partial charge in [0.2, 0.25) is 0 Å². The highest BCUT2D eigenvalue weighted by Crippen LogP contribution is 2.33. The molecule has 9 heteroatoms. The second-order valence-electron chi connectivity index (χ2n) is 6.79. The molecule has 2 aromatic heterocycles. The van der Waals surface area contributed by atoms with E-state index in [1.165, 1.54) is 6.20 Å². The van der Waals surface area contributed by atoms with Crippen LogP contribution in [0.4, 0.5) is 11.5 Å². The Morgan fingerprint density at radius 3 is 2.60 bits per heavy atom. The van der Waals surface area contributed by atoms with Crippen LogP contribution in [0, 0.1) is 0 Å². The lowest BCUT2D eigenvalue weighted by atomic mass is 10.1. The monoisotopic (exact) mass is 443 g/mol. The summed E-state index contributed by atoms with van der Waals surface area (Å²) >= 11 is 12.6.